The van der Waals surface area contributed by atoms with Crippen LogP contribution in [0.1, 0.15) is 11.3 Å². The lowest BCUT2D eigenvalue weighted by Gasteiger charge is -2.14. The van der Waals surface area contributed by atoms with Crippen LogP contribution in [0.3, 0.4) is 0 Å². The van der Waals surface area contributed by atoms with Crippen molar-refractivity contribution >= 4 is 28.4 Å². The van der Waals surface area contributed by atoms with E-state index in [9.17, 15) is 9.18 Å². The Balaban J connectivity index is 2.14. The van der Waals surface area contributed by atoms with E-state index in [4.69, 9.17) is 0 Å². The lowest BCUT2D eigenvalue weighted by Crippen LogP contribution is -2.25. The van der Waals surface area contributed by atoms with Crippen molar-refractivity contribution in [3.05, 3.63) is 47.5 Å². The van der Waals surface area contributed by atoms with Gasteiger partial charge in [-0.15, -0.1) is 0 Å². The molecule has 6 nitrogen and oxygen atoms in total. The third kappa shape index (κ3) is 3.28. The maximum Gasteiger partial charge on any atom is 0.319 e. The van der Waals surface area contributed by atoms with Crippen molar-refractivity contribution in [1.82, 2.24) is 15.3 Å². The first-order valence-corrected chi connectivity index (χ1v) is 8.17. The van der Waals surface area contributed by atoms with E-state index in [0.717, 1.165) is 39.1 Å². The van der Waals surface area contributed by atoms with Crippen molar-refractivity contribution in [3.63, 3.8) is 0 Å². The summed E-state index contributed by atoms with van der Waals surface area (Å²) < 4.78 is 14.2. The Morgan fingerprint density at radius 1 is 1.08 bits per heavy atom. The molecule has 0 aliphatic heterocycles. The van der Waals surface area contributed by atoms with Crippen LogP contribution in [-0.2, 0) is 0 Å². The third-order valence-electron chi connectivity index (χ3n) is 4.23. The number of carbonyl (C=O) groups is 1. The molecule has 2 heterocycles. The lowest BCUT2D eigenvalue weighted by atomic mass is 9.97. The second-order valence-corrected chi connectivity index (χ2v) is 5.98. The molecule has 0 aliphatic carbocycles. The number of anilines is 2. The van der Waals surface area contributed by atoms with E-state index in [2.05, 4.69) is 25.9 Å². The van der Waals surface area contributed by atoms with Gasteiger partial charge in [-0.2, -0.15) is 0 Å². The molecule has 0 radical (unpaired) electrons. The topological polar surface area (TPSA) is 78.9 Å². The predicted octanol–water partition coefficient (Wildman–Crippen LogP) is 3.85. The highest BCUT2D eigenvalue weighted by Gasteiger charge is 2.14. The summed E-state index contributed by atoms with van der Waals surface area (Å²) >= 11 is 0. The smallest absolute Gasteiger partial charge is 0.319 e. The first-order chi connectivity index (χ1) is 12.4. The number of nitrogens with one attached hydrogen (secondary N) is 3. The van der Waals surface area contributed by atoms with Gasteiger partial charge < -0.3 is 16.0 Å². The zero-order valence-electron chi connectivity index (χ0n) is 15.1. The minimum Gasteiger partial charge on any atom is -0.373 e. The van der Waals surface area contributed by atoms with E-state index < -0.39 is 11.8 Å². The van der Waals surface area contributed by atoms with Gasteiger partial charge in [0.2, 0.25) is 0 Å². The SMILES string of the molecule is CNC(=O)Nc1cc(-c2cc3cnc(NC)cc3nc2C)c(C)cc1F. The maximum absolute atomic E-state index is 14.2. The summed E-state index contributed by atoms with van der Waals surface area (Å²) in [5.74, 6) is 0.258. The molecule has 0 aliphatic rings. The average molecular weight is 353 g/mol. The van der Waals surface area contributed by atoms with E-state index >= 15 is 0 Å². The number of hydrogen-bond donors (Lipinski definition) is 3. The summed E-state index contributed by atoms with van der Waals surface area (Å²) in [6.45, 7) is 3.73. The Kier molecular flexibility index (Phi) is 4.71. The number of carbonyl (C=O) groups excluding carboxylic acids is 1. The molecule has 0 saturated carbocycles. The number of amides is 2. The molecule has 7 heteroatoms. The van der Waals surface area contributed by atoms with Crippen LogP contribution >= 0.6 is 0 Å². The molecule has 0 atom stereocenters. The van der Waals surface area contributed by atoms with Crippen LogP contribution in [-0.4, -0.2) is 30.1 Å². The van der Waals surface area contributed by atoms with Crippen molar-refractivity contribution in [2.24, 2.45) is 0 Å². The number of aromatic nitrogens is 2. The first-order valence-electron chi connectivity index (χ1n) is 8.17. The van der Waals surface area contributed by atoms with Gasteiger partial charge in [0.15, 0.2) is 0 Å². The quantitative estimate of drug-likeness (QED) is 0.668. The summed E-state index contributed by atoms with van der Waals surface area (Å²) in [4.78, 5) is 20.5. The van der Waals surface area contributed by atoms with E-state index in [1.165, 1.54) is 13.1 Å². The summed E-state index contributed by atoms with van der Waals surface area (Å²) in [6, 6.07) is 6.42. The van der Waals surface area contributed by atoms with Gasteiger partial charge >= 0.3 is 6.03 Å². The number of urea groups is 1. The molecule has 0 bridgehead atoms. The maximum atomic E-state index is 14.2. The molecule has 3 rings (SSSR count). The standard InChI is InChI=1S/C19H20FN5O/c1-10-5-15(20)17(25-19(26)22-4)7-13(10)14-6-12-9-23-18(21-3)8-16(12)24-11(14)2/h5-9H,1-4H3,(H,21,23)(H2,22,25,26). The van der Waals surface area contributed by atoms with E-state index in [-0.39, 0.29) is 5.69 Å². The van der Waals surface area contributed by atoms with Crippen LogP contribution in [0.25, 0.3) is 22.0 Å². The first kappa shape index (κ1) is 17.6. The second-order valence-electron chi connectivity index (χ2n) is 5.98. The Bertz CT molecular complexity index is 1000. The van der Waals surface area contributed by atoms with Crippen molar-refractivity contribution in [1.29, 1.82) is 0 Å². The zero-order valence-corrected chi connectivity index (χ0v) is 15.1. The molecule has 26 heavy (non-hydrogen) atoms. The Morgan fingerprint density at radius 2 is 1.85 bits per heavy atom. The van der Waals surface area contributed by atoms with Gasteiger partial charge in [-0.25, -0.2) is 14.2 Å². The third-order valence-corrected chi connectivity index (χ3v) is 4.23. The summed E-state index contributed by atoms with van der Waals surface area (Å²) in [6.07, 6.45) is 1.75. The van der Waals surface area contributed by atoms with Gasteiger partial charge in [-0.3, -0.25) is 4.98 Å². The van der Waals surface area contributed by atoms with Crippen LogP contribution in [0.4, 0.5) is 20.7 Å². The van der Waals surface area contributed by atoms with Gasteiger partial charge in [-0.05, 0) is 43.2 Å². The van der Waals surface area contributed by atoms with Gasteiger partial charge in [0.05, 0.1) is 11.2 Å². The van der Waals surface area contributed by atoms with Gasteiger partial charge in [0.1, 0.15) is 11.6 Å². The van der Waals surface area contributed by atoms with Crippen LogP contribution in [0.15, 0.2) is 30.5 Å². The van der Waals surface area contributed by atoms with Crippen LogP contribution in [0.2, 0.25) is 0 Å². The highest BCUT2D eigenvalue weighted by atomic mass is 19.1. The zero-order chi connectivity index (χ0) is 18.8. The minimum atomic E-state index is -0.485. The fourth-order valence-electron chi connectivity index (χ4n) is 2.82. The molecular weight excluding hydrogens is 333 g/mol. The van der Waals surface area contributed by atoms with Crippen molar-refractivity contribution < 1.29 is 9.18 Å². The van der Waals surface area contributed by atoms with Crippen molar-refractivity contribution in [2.45, 2.75) is 13.8 Å². The number of hydrogen-bond acceptors (Lipinski definition) is 4. The Hall–Kier alpha value is -3.22. The molecule has 2 aromatic heterocycles. The molecule has 3 N–H and O–H groups in total. The number of fused-ring (bicyclic) bond motifs is 1. The molecule has 0 unspecified atom stereocenters. The van der Waals surface area contributed by atoms with Gasteiger partial charge in [0, 0.05) is 43.0 Å². The van der Waals surface area contributed by atoms with E-state index in [0.29, 0.717) is 0 Å². The lowest BCUT2D eigenvalue weighted by molar-refractivity contribution is 0.254. The molecule has 1 aromatic carbocycles. The molecule has 0 spiro atoms. The average Bonchev–Trinajstić information content (AvgIpc) is 2.63. The molecule has 0 saturated heterocycles. The van der Waals surface area contributed by atoms with E-state index in [1.807, 2.05) is 26.0 Å². The van der Waals surface area contributed by atoms with Crippen LogP contribution < -0.4 is 16.0 Å². The molecule has 134 valence electrons. The van der Waals surface area contributed by atoms with Crippen LogP contribution in [0.5, 0.6) is 0 Å². The molecular formula is C19H20FN5O. The molecule has 3 aromatic rings. The monoisotopic (exact) mass is 353 g/mol. The largest absolute Gasteiger partial charge is 0.373 e. The van der Waals surface area contributed by atoms with Gasteiger partial charge in [0.25, 0.3) is 0 Å². The number of pyridine rings is 2. The normalized spacial score (nSPS) is 10.7. The van der Waals surface area contributed by atoms with Crippen molar-refractivity contribution in [2.75, 3.05) is 24.7 Å². The fourth-order valence-corrected chi connectivity index (χ4v) is 2.82. The summed E-state index contributed by atoms with van der Waals surface area (Å²) in [5, 5.41) is 8.80. The number of nitrogens with zero attached hydrogens (tertiary/aromatic N) is 2. The summed E-state index contributed by atoms with van der Waals surface area (Å²) in [7, 11) is 3.28. The number of rotatable bonds is 3. The van der Waals surface area contributed by atoms with Crippen molar-refractivity contribution in [3.8, 4) is 11.1 Å². The highest BCUT2D eigenvalue weighted by molar-refractivity contribution is 5.91. The predicted molar refractivity (Wildman–Crippen MR) is 102 cm³/mol. The van der Waals surface area contributed by atoms with Crippen LogP contribution in [0, 0.1) is 19.7 Å². The number of benzene rings is 1. The molecule has 2 amide bonds. The number of aryl methyl sites for hydroxylation is 2. The second kappa shape index (κ2) is 6.95. The number of halogens is 1. The molecule has 0 fully saturated rings. The van der Waals surface area contributed by atoms with E-state index in [1.54, 1.807) is 19.3 Å². The Morgan fingerprint density at radius 3 is 2.54 bits per heavy atom. The highest BCUT2D eigenvalue weighted by Crippen LogP contribution is 2.32. The fraction of sp³-hybridized carbons (Fsp3) is 0.211. The summed E-state index contributed by atoms with van der Waals surface area (Å²) in [5.41, 5.74) is 4.19. The Labute approximate surface area is 150 Å². The minimum absolute atomic E-state index is 0.119. The van der Waals surface area contributed by atoms with Gasteiger partial charge in [-0.1, -0.05) is 0 Å².